The van der Waals surface area contributed by atoms with Crippen LogP contribution in [0.5, 0.6) is 0 Å². The van der Waals surface area contributed by atoms with Crippen molar-refractivity contribution in [3.63, 3.8) is 0 Å². The van der Waals surface area contributed by atoms with Crippen molar-refractivity contribution in [3.8, 4) is 0 Å². The number of carbonyl (C=O) groups excluding carboxylic acids is 1. The van der Waals surface area contributed by atoms with E-state index >= 15 is 0 Å². The Morgan fingerprint density at radius 1 is 1.39 bits per heavy atom. The zero-order valence-corrected chi connectivity index (χ0v) is 10.2. The van der Waals surface area contributed by atoms with Gasteiger partial charge in [-0.3, -0.25) is 4.90 Å². The van der Waals surface area contributed by atoms with E-state index in [-0.39, 0.29) is 12.2 Å². The molecule has 0 amide bonds. The molecule has 0 aromatic heterocycles. The van der Waals surface area contributed by atoms with Crippen molar-refractivity contribution in [2.24, 2.45) is 0 Å². The Labute approximate surface area is 106 Å². The number of benzene rings is 1. The van der Waals surface area contributed by atoms with E-state index in [2.05, 4.69) is 4.90 Å². The second-order valence-corrected chi connectivity index (χ2v) is 4.42. The van der Waals surface area contributed by atoms with Crippen LogP contribution >= 0.6 is 0 Å². The van der Waals surface area contributed by atoms with Gasteiger partial charge in [-0.05, 0) is 44.1 Å². The zero-order valence-electron chi connectivity index (χ0n) is 10.2. The predicted octanol–water partition coefficient (Wildman–Crippen LogP) is 1.66. The van der Waals surface area contributed by atoms with E-state index in [0.717, 1.165) is 13.1 Å². The molecule has 98 valence electrons. The Balaban J connectivity index is 1.85. The number of nitrogens with two attached hydrogens (primary N) is 1. The third-order valence-corrected chi connectivity index (χ3v) is 3.05. The van der Waals surface area contributed by atoms with Gasteiger partial charge in [-0.2, -0.15) is 0 Å². The number of anilines is 1. The molecular weight excluding hydrogens is 235 g/mol. The van der Waals surface area contributed by atoms with Crippen LogP contribution in [0.3, 0.4) is 0 Å². The molecule has 2 rings (SSSR count). The molecule has 1 aliphatic heterocycles. The van der Waals surface area contributed by atoms with Crippen molar-refractivity contribution in [1.29, 1.82) is 0 Å². The van der Waals surface area contributed by atoms with Crippen LogP contribution in [0.1, 0.15) is 23.2 Å². The number of carbonyl (C=O) groups is 1. The van der Waals surface area contributed by atoms with Gasteiger partial charge in [0.05, 0.1) is 5.56 Å². The first-order valence-electron chi connectivity index (χ1n) is 6.11. The number of halogens is 1. The zero-order chi connectivity index (χ0) is 13.0. The van der Waals surface area contributed by atoms with Crippen molar-refractivity contribution in [2.45, 2.75) is 12.8 Å². The lowest BCUT2D eigenvalue weighted by molar-refractivity contribution is 0.0467. The summed E-state index contributed by atoms with van der Waals surface area (Å²) >= 11 is 0. The summed E-state index contributed by atoms with van der Waals surface area (Å²) in [5.74, 6) is -1.26. The van der Waals surface area contributed by atoms with E-state index in [9.17, 15) is 9.18 Å². The third-order valence-electron chi connectivity index (χ3n) is 3.05. The molecule has 0 bridgehead atoms. The average molecular weight is 252 g/mol. The normalized spacial score (nSPS) is 15.8. The van der Waals surface area contributed by atoms with Gasteiger partial charge in [-0.25, -0.2) is 9.18 Å². The van der Waals surface area contributed by atoms with Gasteiger partial charge in [0.25, 0.3) is 0 Å². The molecule has 1 fully saturated rings. The third kappa shape index (κ3) is 3.20. The van der Waals surface area contributed by atoms with Crippen molar-refractivity contribution in [2.75, 3.05) is 32.0 Å². The molecule has 0 radical (unpaired) electrons. The largest absolute Gasteiger partial charge is 0.461 e. The molecule has 0 atom stereocenters. The summed E-state index contributed by atoms with van der Waals surface area (Å²) in [7, 11) is 0. The summed E-state index contributed by atoms with van der Waals surface area (Å²) in [5.41, 5.74) is 5.76. The van der Waals surface area contributed by atoms with E-state index in [4.69, 9.17) is 10.5 Å². The molecule has 4 nitrogen and oxygen atoms in total. The smallest absolute Gasteiger partial charge is 0.341 e. The minimum absolute atomic E-state index is 0.101. The van der Waals surface area contributed by atoms with Crippen LogP contribution in [-0.2, 0) is 4.74 Å². The lowest BCUT2D eigenvalue weighted by Crippen LogP contribution is -2.25. The number of hydrogen-bond donors (Lipinski definition) is 1. The summed E-state index contributed by atoms with van der Waals surface area (Å²) in [6, 6.07) is 3.89. The van der Waals surface area contributed by atoms with Crippen molar-refractivity contribution in [3.05, 3.63) is 29.6 Å². The monoisotopic (exact) mass is 252 g/mol. The van der Waals surface area contributed by atoms with Crippen LogP contribution in [-0.4, -0.2) is 37.1 Å². The first kappa shape index (κ1) is 12.8. The molecule has 2 N–H and O–H groups in total. The number of esters is 1. The summed E-state index contributed by atoms with van der Waals surface area (Å²) < 4.78 is 18.4. The second-order valence-electron chi connectivity index (χ2n) is 4.42. The molecule has 5 heteroatoms. The number of nitrogen functional groups attached to an aromatic ring is 1. The Morgan fingerprint density at radius 2 is 2.11 bits per heavy atom. The molecule has 1 aliphatic rings. The maximum atomic E-state index is 13.4. The molecular formula is C13H17FN2O2. The van der Waals surface area contributed by atoms with Crippen molar-refractivity contribution >= 4 is 11.7 Å². The summed E-state index contributed by atoms with van der Waals surface area (Å²) in [5, 5.41) is 0. The lowest BCUT2D eigenvalue weighted by atomic mass is 10.2. The highest BCUT2D eigenvalue weighted by Crippen LogP contribution is 2.13. The van der Waals surface area contributed by atoms with Crippen LogP contribution in [0.25, 0.3) is 0 Å². The van der Waals surface area contributed by atoms with Crippen LogP contribution in [0.4, 0.5) is 10.1 Å². The fourth-order valence-electron chi connectivity index (χ4n) is 2.05. The first-order chi connectivity index (χ1) is 8.66. The van der Waals surface area contributed by atoms with Crippen LogP contribution in [0, 0.1) is 5.82 Å². The lowest BCUT2D eigenvalue weighted by Gasteiger charge is -2.14. The van der Waals surface area contributed by atoms with Crippen molar-refractivity contribution < 1.29 is 13.9 Å². The van der Waals surface area contributed by atoms with Crippen LogP contribution in [0.15, 0.2) is 18.2 Å². The summed E-state index contributed by atoms with van der Waals surface area (Å²) in [6.45, 7) is 3.08. The number of ether oxygens (including phenoxy) is 1. The average Bonchev–Trinajstić information content (AvgIpc) is 2.85. The molecule has 0 unspecified atom stereocenters. The fraction of sp³-hybridized carbons (Fsp3) is 0.462. The molecule has 0 aliphatic carbocycles. The minimum atomic E-state index is -0.654. The quantitative estimate of drug-likeness (QED) is 0.654. The predicted molar refractivity (Wildman–Crippen MR) is 66.8 cm³/mol. The summed E-state index contributed by atoms with van der Waals surface area (Å²) in [6.07, 6.45) is 2.38. The summed E-state index contributed by atoms with van der Waals surface area (Å²) in [4.78, 5) is 13.9. The Hall–Kier alpha value is -1.62. The van der Waals surface area contributed by atoms with Crippen LogP contribution < -0.4 is 5.73 Å². The number of nitrogens with zero attached hydrogens (tertiary/aromatic N) is 1. The number of hydrogen-bond acceptors (Lipinski definition) is 4. The fourth-order valence-corrected chi connectivity index (χ4v) is 2.05. The van der Waals surface area contributed by atoms with Gasteiger partial charge in [-0.15, -0.1) is 0 Å². The molecule has 0 saturated carbocycles. The molecule has 18 heavy (non-hydrogen) atoms. The van der Waals surface area contributed by atoms with E-state index < -0.39 is 11.8 Å². The molecule has 1 saturated heterocycles. The molecule has 1 heterocycles. The topological polar surface area (TPSA) is 55.6 Å². The molecule has 1 aromatic carbocycles. The second kappa shape index (κ2) is 5.82. The standard InChI is InChI=1S/C13H17FN2O2/c14-12-4-3-10(15)9-11(12)13(17)18-8-7-16-5-1-2-6-16/h3-4,9H,1-2,5-8,15H2. The van der Waals surface area contributed by atoms with E-state index in [1.807, 2.05) is 0 Å². The van der Waals surface area contributed by atoms with Gasteiger partial charge in [-0.1, -0.05) is 0 Å². The Bertz CT molecular complexity index is 431. The number of likely N-dealkylation sites (tertiary alicyclic amines) is 1. The SMILES string of the molecule is Nc1ccc(F)c(C(=O)OCCN2CCCC2)c1. The van der Waals surface area contributed by atoms with Gasteiger partial charge in [0, 0.05) is 12.2 Å². The maximum Gasteiger partial charge on any atom is 0.341 e. The highest BCUT2D eigenvalue weighted by molar-refractivity contribution is 5.90. The Morgan fingerprint density at radius 3 is 2.83 bits per heavy atom. The van der Waals surface area contributed by atoms with E-state index in [0.29, 0.717) is 12.2 Å². The first-order valence-corrected chi connectivity index (χ1v) is 6.11. The van der Waals surface area contributed by atoms with Gasteiger partial charge in [0.15, 0.2) is 0 Å². The van der Waals surface area contributed by atoms with Crippen LogP contribution in [0.2, 0.25) is 0 Å². The van der Waals surface area contributed by atoms with Gasteiger partial charge in [0.1, 0.15) is 12.4 Å². The van der Waals surface area contributed by atoms with E-state index in [1.165, 1.54) is 31.0 Å². The molecule has 1 aromatic rings. The van der Waals surface area contributed by atoms with Gasteiger partial charge < -0.3 is 10.5 Å². The van der Waals surface area contributed by atoms with Crippen molar-refractivity contribution in [1.82, 2.24) is 4.90 Å². The van der Waals surface area contributed by atoms with Gasteiger partial charge in [0.2, 0.25) is 0 Å². The van der Waals surface area contributed by atoms with Gasteiger partial charge >= 0.3 is 5.97 Å². The van der Waals surface area contributed by atoms with E-state index in [1.54, 1.807) is 0 Å². The minimum Gasteiger partial charge on any atom is -0.461 e. The number of rotatable bonds is 4. The highest BCUT2D eigenvalue weighted by atomic mass is 19.1. The Kier molecular flexibility index (Phi) is 4.15. The molecule has 0 spiro atoms. The highest BCUT2D eigenvalue weighted by Gasteiger charge is 2.15. The maximum absolute atomic E-state index is 13.4.